The predicted molar refractivity (Wildman–Crippen MR) is 135 cm³/mol. The largest absolute Gasteiger partial charge is 0.480 e. The molecular formula is C25H24ClF3N6O3. The van der Waals surface area contributed by atoms with Gasteiger partial charge in [-0.25, -0.2) is 14.5 Å². The number of rotatable bonds is 8. The Labute approximate surface area is 220 Å². The topological polar surface area (TPSA) is 128 Å². The number of aliphatic hydroxyl groups is 1. The zero-order valence-electron chi connectivity index (χ0n) is 20.4. The third-order valence-electron chi connectivity index (χ3n) is 6.26. The average molecular weight is 549 g/mol. The van der Waals surface area contributed by atoms with Crippen LogP contribution in [0.4, 0.5) is 19.0 Å². The van der Waals surface area contributed by atoms with Gasteiger partial charge in [0.15, 0.2) is 5.82 Å². The van der Waals surface area contributed by atoms with Gasteiger partial charge in [-0.3, -0.25) is 4.79 Å². The van der Waals surface area contributed by atoms with E-state index in [9.17, 15) is 23.1 Å². The molecule has 3 aromatic heterocycles. The van der Waals surface area contributed by atoms with E-state index in [0.717, 1.165) is 16.9 Å². The summed E-state index contributed by atoms with van der Waals surface area (Å²) in [5, 5.41) is 18.3. The minimum absolute atomic E-state index is 0.00808. The van der Waals surface area contributed by atoms with E-state index >= 15 is 0 Å². The molecule has 4 N–H and O–H groups in total. The third kappa shape index (κ3) is 5.22. The monoisotopic (exact) mass is 548 g/mol. The van der Waals surface area contributed by atoms with Crippen LogP contribution >= 0.6 is 11.6 Å². The van der Waals surface area contributed by atoms with Gasteiger partial charge in [-0.1, -0.05) is 30.7 Å². The van der Waals surface area contributed by atoms with E-state index in [2.05, 4.69) is 20.4 Å². The molecule has 0 spiro atoms. The summed E-state index contributed by atoms with van der Waals surface area (Å²) in [6.07, 6.45) is -1.83. The van der Waals surface area contributed by atoms with Crippen LogP contribution in [0.25, 0.3) is 16.8 Å². The van der Waals surface area contributed by atoms with Crippen molar-refractivity contribution in [3.63, 3.8) is 0 Å². The van der Waals surface area contributed by atoms with E-state index in [1.807, 2.05) is 6.92 Å². The molecule has 0 saturated carbocycles. The van der Waals surface area contributed by atoms with Crippen LogP contribution in [0.3, 0.4) is 0 Å². The summed E-state index contributed by atoms with van der Waals surface area (Å²) < 4.78 is 47.3. The third-order valence-corrected chi connectivity index (χ3v) is 6.52. The number of nitrogens with one attached hydrogen (secondary N) is 1. The lowest BCUT2D eigenvalue weighted by Gasteiger charge is -2.27. The first-order chi connectivity index (χ1) is 18.0. The highest BCUT2D eigenvalue weighted by molar-refractivity contribution is 6.30. The molecule has 0 saturated heterocycles. The zero-order chi connectivity index (χ0) is 27.7. The number of hydrogen-bond donors (Lipinski definition) is 3. The number of ether oxygens (including phenoxy) is 1. The Morgan fingerprint density at radius 2 is 1.92 bits per heavy atom. The number of carbonyl (C=O) groups is 1. The van der Waals surface area contributed by atoms with Crippen molar-refractivity contribution >= 4 is 28.8 Å². The van der Waals surface area contributed by atoms with Gasteiger partial charge in [0.1, 0.15) is 17.4 Å². The Kier molecular flexibility index (Phi) is 7.47. The maximum absolute atomic E-state index is 13.7. The number of nitrogens with zero attached hydrogens (tertiary/aromatic N) is 4. The van der Waals surface area contributed by atoms with Crippen molar-refractivity contribution in [1.82, 2.24) is 24.9 Å². The molecule has 0 bridgehead atoms. The van der Waals surface area contributed by atoms with Crippen LogP contribution in [0, 0.1) is 0 Å². The van der Waals surface area contributed by atoms with Crippen LogP contribution in [0.1, 0.15) is 41.3 Å². The minimum Gasteiger partial charge on any atom is -0.480 e. The number of pyridine rings is 1. The fraction of sp³-hybridized carbons (Fsp3) is 0.280. The molecule has 0 aliphatic carbocycles. The van der Waals surface area contributed by atoms with Gasteiger partial charge in [0.2, 0.25) is 5.88 Å². The van der Waals surface area contributed by atoms with Crippen LogP contribution in [-0.4, -0.2) is 44.3 Å². The maximum atomic E-state index is 13.7. The van der Waals surface area contributed by atoms with E-state index in [4.69, 9.17) is 22.1 Å². The fourth-order valence-corrected chi connectivity index (χ4v) is 4.30. The Hall–Kier alpha value is -3.90. The highest BCUT2D eigenvalue weighted by Gasteiger charge is 2.37. The molecule has 0 aliphatic rings. The van der Waals surface area contributed by atoms with Crippen molar-refractivity contribution in [1.29, 1.82) is 0 Å². The van der Waals surface area contributed by atoms with E-state index < -0.39 is 28.8 Å². The number of nitrogens with two attached hydrogens (primary N) is 1. The lowest BCUT2D eigenvalue weighted by molar-refractivity contribution is -0.136. The van der Waals surface area contributed by atoms with Gasteiger partial charge in [0, 0.05) is 23.3 Å². The molecule has 1 aromatic carbocycles. The van der Waals surface area contributed by atoms with E-state index in [-0.39, 0.29) is 41.5 Å². The smallest absolute Gasteiger partial charge is 0.418 e. The second-order valence-corrected chi connectivity index (χ2v) is 8.96. The summed E-state index contributed by atoms with van der Waals surface area (Å²) in [7, 11) is 1.32. The van der Waals surface area contributed by atoms with Gasteiger partial charge in [-0.05, 0) is 42.7 Å². The summed E-state index contributed by atoms with van der Waals surface area (Å²) in [6.45, 7) is 1.91. The first-order valence-corrected chi connectivity index (χ1v) is 11.9. The first-order valence-electron chi connectivity index (χ1n) is 11.5. The molecule has 38 heavy (non-hydrogen) atoms. The molecule has 0 radical (unpaired) electrons. The SMILES string of the molecule is CCC(O)(CCNC(=O)c1cc(-c2cc(C(F)(F)F)c3c(N)ncnn23)cnc1OC)c1ccc(Cl)cc1. The van der Waals surface area contributed by atoms with Crippen molar-refractivity contribution in [3.8, 4) is 17.1 Å². The number of carbonyl (C=O) groups excluding carboxylic acids is 1. The maximum Gasteiger partial charge on any atom is 0.418 e. The summed E-state index contributed by atoms with van der Waals surface area (Å²) in [5.74, 6) is -0.959. The summed E-state index contributed by atoms with van der Waals surface area (Å²) >= 11 is 5.94. The molecule has 1 amide bonds. The van der Waals surface area contributed by atoms with Crippen molar-refractivity contribution in [3.05, 3.63) is 70.6 Å². The Morgan fingerprint density at radius 1 is 1.21 bits per heavy atom. The Balaban J connectivity index is 1.63. The number of amides is 1. The molecule has 3 heterocycles. The molecule has 200 valence electrons. The lowest BCUT2D eigenvalue weighted by atomic mass is 9.88. The number of nitrogen functional groups attached to an aromatic ring is 1. The van der Waals surface area contributed by atoms with Gasteiger partial charge in [-0.15, -0.1) is 0 Å². The van der Waals surface area contributed by atoms with Crippen LogP contribution in [-0.2, 0) is 11.8 Å². The van der Waals surface area contributed by atoms with E-state index in [1.54, 1.807) is 24.3 Å². The van der Waals surface area contributed by atoms with Crippen molar-refractivity contribution in [2.45, 2.75) is 31.5 Å². The molecule has 4 aromatic rings. The second kappa shape index (κ2) is 10.5. The number of aromatic nitrogens is 4. The molecule has 1 atom stereocenters. The Morgan fingerprint density at radius 3 is 2.55 bits per heavy atom. The Bertz CT molecular complexity index is 1480. The number of anilines is 1. The molecule has 9 nitrogen and oxygen atoms in total. The fourth-order valence-electron chi connectivity index (χ4n) is 4.17. The highest BCUT2D eigenvalue weighted by atomic mass is 35.5. The second-order valence-electron chi connectivity index (χ2n) is 8.53. The number of methoxy groups -OCH3 is 1. The normalized spacial score (nSPS) is 13.3. The average Bonchev–Trinajstić information content (AvgIpc) is 3.30. The lowest BCUT2D eigenvalue weighted by Crippen LogP contribution is -2.33. The van der Waals surface area contributed by atoms with Crippen LogP contribution in [0.5, 0.6) is 5.88 Å². The van der Waals surface area contributed by atoms with Gasteiger partial charge in [0.25, 0.3) is 5.91 Å². The van der Waals surface area contributed by atoms with E-state index in [1.165, 1.54) is 19.4 Å². The molecule has 0 aliphatic heterocycles. The summed E-state index contributed by atoms with van der Waals surface area (Å²) in [4.78, 5) is 20.9. The van der Waals surface area contributed by atoms with Crippen molar-refractivity contribution in [2.24, 2.45) is 0 Å². The van der Waals surface area contributed by atoms with Gasteiger partial charge >= 0.3 is 6.18 Å². The van der Waals surface area contributed by atoms with Crippen molar-refractivity contribution in [2.75, 3.05) is 19.4 Å². The first kappa shape index (κ1) is 27.1. The number of hydrogen-bond acceptors (Lipinski definition) is 7. The number of halogens is 4. The number of alkyl halides is 3. The zero-order valence-corrected chi connectivity index (χ0v) is 21.1. The van der Waals surface area contributed by atoms with Crippen LogP contribution in [0.2, 0.25) is 5.02 Å². The summed E-state index contributed by atoms with van der Waals surface area (Å²) in [6, 6.07) is 9.01. The number of fused-ring (bicyclic) bond motifs is 1. The van der Waals surface area contributed by atoms with Gasteiger partial charge < -0.3 is 20.9 Å². The molecule has 0 fully saturated rings. The quantitative estimate of drug-likeness (QED) is 0.296. The molecular weight excluding hydrogens is 525 g/mol. The van der Waals surface area contributed by atoms with Crippen molar-refractivity contribution < 1.29 is 27.8 Å². The number of benzene rings is 1. The minimum atomic E-state index is -4.72. The molecule has 13 heteroatoms. The molecule has 1 unspecified atom stereocenters. The molecule has 4 rings (SSSR count). The van der Waals surface area contributed by atoms with Gasteiger partial charge in [0.05, 0.1) is 24.0 Å². The van der Waals surface area contributed by atoms with E-state index in [0.29, 0.717) is 17.0 Å². The van der Waals surface area contributed by atoms with Crippen LogP contribution in [0.15, 0.2) is 48.9 Å². The highest BCUT2D eigenvalue weighted by Crippen LogP contribution is 2.39. The van der Waals surface area contributed by atoms with Gasteiger partial charge in [-0.2, -0.15) is 18.3 Å². The standard InChI is InChI=1S/C25H24ClF3N6O3/c1-3-24(37,15-4-6-16(26)7-5-15)8-9-31-22(36)17-10-14(12-32-23(17)38-2)19-11-18(25(27,28)29)20-21(30)33-13-34-35(19)20/h4-7,10-13,37H,3,8-9H2,1-2H3,(H,31,36)(H2,30,33,34). The summed E-state index contributed by atoms with van der Waals surface area (Å²) in [5.41, 5.74) is 3.91. The van der Waals surface area contributed by atoms with Crippen LogP contribution < -0.4 is 15.8 Å². The predicted octanol–water partition coefficient (Wildman–Crippen LogP) is 4.47.